The highest BCUT2D eigenvalue weighted by Gasteiger charge is 2.36. The van der Waals surface area contributed by atoms with Gasteiger partial charge in [-0.2, -0.15) is 4.99 Å². The molecule has 0 saturated heterocycles. The molecule has 0 unspecified atom stereocenters. The lowest BCUT2D eigenvalue weighted by Crippen LogP contribution is -2.38. The first kappa shape index (κ1) is 26.6. The average Bonchev–Trinajstić information content (AvgIpc) is 3.35. The molecular weight excluding hydrogens is 561 g/mol. The Morgan fingerprint density at radius 2 is 1.72 bits per heavy atom. The van der Waals surface area contributed by atoms with Crippen LogP contribution in [0.5, 0.6) is 17.2 Å². The maximum Gasteiger partial charge on any atom is 0.343 e. The Kier molecular flexibility index (Phi) is 7.47. The molecule has 0 spiro atoms. The summed E-state index contributed by atoms with van der Waals surface area (Å²) in [6.45, 7) is 0. The molecule has 0 radical (unpaired) electrons. The predicted molar refractivity (Wildman–Crippen MR) is 153 cm³/mol. The zero-order valence-corrected chi connectivity index (χ0v) is 22.9. The van der Waals surface area contributed by atoms with E-state index in [2.05, 4.69) is 4.99 Å². The number of methoxy groups -OCH3 is 2. The van der Waals surface area contributed by atoms with Gasteiger partial charge in [-0.1, -0.05) is 59.2 Å². The van der Waals surface area contributed by atoms with Gasteiger partial charge >= 0.3 is 5.97 Å². The van der Waals surface area contributed by atoms with Gasteiger partial charge in [0, 0.05) is 16.0 Å². The normalized spacial score (nSPS) is 15.6. The van der Waals surface area contributed by atoms with Crippen LogP contribution in [0.1, 0.15) is 21.5 Å². The summed E-state index contributed by atoms with van der Waals surface area (Å²) in [7, 11) is 2.97. The summed E-state index contributed by atoms with van der Waals surface area (Å²) >= 11 is 14.0. The molecule has 1 amide bonds. The van der Waals surface area contributed by atoms with E-state index in [4.69, 9.17) is 42.8 Å². The second kappa shape index (κ2) is 11.0. The number of esters is 1. The Labute approximate surface area is 238 Å². The molecule has 39 heavy (non-hydrogen) atoms. The summed E-state index contributed by atoms with van der Waals surface area (Å²) in [6, 6.07) is 16.6. The number of thioether (sulfide) groups is 1. The molecule has 2 aliphatic rings. The van der Waals surface area contributed by atoms with Gasteiger partial charge in [-0.25, -0.2) is 4.79 Å². The number of amides is 1. The predicted octanol–water partition coefficient (Wildman–Crippen LogP) is 6.53. The molecule has 0 atom stereocenters. The van der Waals surface area contributed by atoms with E-state index in [1.54, 1.807) is 29.2 Å². The molecule has 0 bridgehead atoms. The number of nitrogens with zero attached hydrogens (tertiary/aromatic N) is 2. The SMILES string of the molecule is COc1ccc(C(=O)Oc2ccc(C=C3C(=N)N4C(c5ccccc5Cl)=CSC4=NC3=O)cc2Cl)cc1OC. The average molecular weight is 580 g/mol. The lowest BCUT2D eigenvalue weighted by atomic mass is 10.1. The van der Waals surface area contributed by atoms with Gasteiger partial charge < -0.3 is 14.2 Å². The second-order valence-corrected chi connectivity index (χ2v) is 9.84. The van der Waals surface area contributed by atoms with Crippen molar-refractivity contribution >= 4 is 69.6 Å². The number of halogens is 2. The molecule has 3 aromatic carbocycles. The van der Waals surface area contributed by atoms with Crippen molar-refractivity contribution in [2.45, 2.75) is 0 Å². The third-order valence-electron chi connectivity index (χ3n) is 5.85. The fraction of sp³-hybridized carbons (Fsp3) is 0.0714. The number of aliphatic imine (C=N–C) groups is 1. The minimum atomic E-state index is -0.638. The molecule has 5 rings (SSSR count). The van der Waals surface area contributed by atoms with Crippen LogP contribution < -0.4 is 14.2 Å². The number of fused-ring (bicyclic) bond motifs is 1. The van der Waals surface area contributed by atoms with Crippen LogP contribution in [0.15, 0.2) is 76.6 Å². The van der Waals surface area contributed by atoms with Gasteiger partial charge in [0.05, 0.1) is 36.1 Å². The monoisotopic (exact) mass is 579 g/mol. The molecule has 2 heterocycles. The Balaban J connectivity index is 1.38. The molecule has 0 fully saturated rings. The summed E-state index contributed by atoms with van der Waals surface area (Å²) in [5, 5.41) is 11.6. The zero-order chi connectivity index (χ0) is 27.7. The van der Waals surface area contributed by atoms with Crippen LogP contribution >= 0.6 is 35.0 Å². The third-order valence-corrected chi connectivity index (χ3v) is 7.30. The van der Waals surface area contributed by atoms with Gasteiger partial charge in [0.2, 0.25) is 0 Å². The Morgan fingerprint density at radius 1 is 0.974 bits per heavy atom. The van der Waals surface area contributed by atoms with Crippen molar-refractivity contribution in [2.24, 2.45) is 4.99 Å². The van der Waals surface area contributed by atoms with Crippen molar-refractivity contribution < 1.29 is 23.8 Å². The van der Waals surface area contributed by atoms with E-state index in [-0.39, 0.29) is 27.7 Å². The van der Waals surface area contributed by atoms with Crippen LogP contribution in [0, 0.1) is 5.41 Å². The van der Waals surface area contributed by atoms with Gasteiger partial charge in [-0.3, -0.25) is 15.1 Å². The zero-order valence-electron chi connectivity index (χ0n) is 20.5. The van der Waals surface area contributed by atoms with Crippen molar-refractivity contribution in [3.8, 4) is 17.2 Å². The number of ether oxygens (including phenoxy) is 3. The van der Waals surface area contributed by atoms with E-state index < -0.39 is 11.9 Å². The van der Waals surface area contributed by atoms with Crippen LogP contribution in [0.3, 0.4) is 0 Å². The van der Waals surface area contributed by atoms with E-state index >= 15 is 0 Å². The first-order chi connectivity index (χ1) is 18.8. The van der Waals surface area contributed by atoms with E-state index in [0.29, 0.717) is 32.9 Å². The molecule has 3 aromatic rings. The summed E-state index contributed by atoms with van der Waals surface area (Å²) in [4.78, 5) is 31.2. The first-order valence-electron chi connectivity index (χ1n) is 11.4. The second-order valence-electron chi connectivity index (χ2n) is 8.19. The van der Waals surface area contributed by atoms with Crippen molar-refractivity contribution in [1.29, 1.82) is 5.41 Å². The van der Waals surface area contributed by atoms with Gasteiger partial charge in [-0.15, -0.1) is 0 Å². The fourth-order valence-corrected chi connectivity index (χ4v) is 5.28. The van der Waals surface area contributed by atoms with Crippen molar-refractivity contribution in [1.82, 2.24) is 4.90 Å². The standard InChI is InChI=1S/C28H19Cl2N3O5S/c1-36-23-10-8-16(13-24(23)37-2)27(35)38-22-9-7-15(12-20(22)30)11-18-25(31)33-21(14-39-28(33)32-26(18)34)17-5-3-4-6-19(17)29/h3-14,31H,1-2H3. The summed E-state index contributed by atoms with van der Waals surface area (Å²) in [6.07, 6.45) is 1.52. The molecule has 196 valence electrons. The summed E-state index contributed by atoms with van der Waals surface area (Å²) in [5.74, 6) is -0.238. The Bertz CT molecular complexity index is 1630. The number of nitrogens with one attached hydrogen (secondary N) is 1. The number of rotatable bonds is 6. The van der Waals surface area contributed by atoms with Gasteiger partial charge in [-0.05, 0) is 48.0 Å². The number of benzene rings is 3. The topological polar surface area (TPSA) is 101 Å². The molecule has 8 nitrogen and oxygen atoms in total. The maximum absolute atomic E-state index is 12.8. The number of carbonyl (C=O) groups is 2. The highest BCUT2D eigenvalue weighted by atomic mass is 35.5. The molecule has 0 saturated carbocycles. The highest BCUT2D eigenvalue weighted by molar-refractivity contribution is 8.17. The maximum atomic E-state index is 12.8. The molecule has 1 N–H and O–H groups in total. The van der Waals surface area contributed by atoms with Crippen LogP contribution in [0.4, 0.5) is 0 Å². The summed E-state index contributed by atoms with van der Waals surface area (Å²) < 4.78 is 15.9. The summed E-state index contributed by atoms with van der Waals surface area (Å²) in [5.41, 5.74) is 2.22. The van der Waals surface area contributed by atoms with Gasteiger partial charge in [0.15, 0.2) is 16.7 Å². The Morgan fingerprint density at radius 3 is 2.44 bits per heavy atom. The van der Waals surface area contributed by atoms with E-state index in [1.807, 2.05) is 23.6 Å². The van der Waals surface area contributed by atoms with Crippen LogP contribution in [0.2, 0.25) is 10.0 Å². The molecule has 0 aromatic heterocycles. The van der Waals surface area contributed by atoms with Crippen molar-refractivity contribution in [3.63, 3.8) is 0 Å². The number of hydrogen-bond donors (Lipinski definition) is 1. The molecule has 11 heteroatoms. The highest BCUT2D eigenvalue weighted by Crippen LogP contribution is 2.40. The number of hydrogen-bond acceptors (Lipinski definition) is 7. The van der Waals surface area contributed by atoms with E-state index in [0.717, 1.165) is 5.56 Å². The first-order valence-corrected chi connectivity index (χ1v) is 13.0. The van der Waals surface area contributed by atoms with Crippen molar-refractivity contribution in [2.75, 3.05) is 14.2 Å². The largest absolute Gasteiger partial charge is 0.493 e. The number of amidine groups is 2. The van der Waals surface area contributed by atoms with Gasteiger partial charge in [0.1, 0.15) is 11.6 Å². The van der Waals surface area contributed by atoms with E-state index in [1.165, 1.54) is 50.3 Å². The fourth-order valence-electron chi connectivity index (χ4n) is 3.94. The van der Waals surface area contributed by atoms with E-state index in [9.17, 15) is 9.59 Å². The third kappa shape index (κ3) is 5.16. The van der Waals surface area contributed by atoms with Gasteiger partial charge in [0.25, 0.3) is 5.91 Å². The quantitative estimate of drug-likeness (QED) is 0.201. The smallest absolute Gasteiger partial charge is 0.343 e. The number of carbonyl (C=O) groups excluding carboxylic acids is 2. The van der Waals surface area contributed by atoms with Crippen molar-refractivity contribution in [3.05, 3.63) is 98.4 Å². The minimum Gasteiger partial charge on any atom is -0.493 e. The molecule has 2 aliphatic heterocycles. The Hall–Kier alpha value is -4.05. The lowest BCUT2D eigenvalue weighted by molar-refractivity contribution is -0.114. The molecular formula is C28H19Cl2N3O5S. The van der Waals surface area contributed by atoms with Crippen LogP contribution in [-0.2, 0) is 4.79 Å². The van der Waals surface area contributed by atoms with Crippen LogP contribution in [-0.4, -0.2) is 42.0 Å². The minimum absolute atomic E-state index is 0.0405. The molecule has 0 aliphatic carbocycles. The lowest BCUT2D eigenvalue weighted by Gasteiger charge is -2.27. The van der Waals surface area contributed by atoms with Crippen LogP contribution in [0.25, 0.3) is 11.8 Å².